The summed E-state index contributed by atoms with van der Waals surface area (Å²) in [6.07, 6.45) is 0. The molecule has 0 aromatic carbocycles. The van der Waals surface area contributed by atoms with Crippen LogP contribution in [0.2, 0.25) is 0 Å². The van der Waals surface area contributed by atoms with Crippen LogP contribution in [-0.2, 0) is 0 Å². The molecule has 0 amide bonds. The topological polar surface area (TPSA) is 57.7 Å². The van der Waals surface area contributed by atoms with Gasteiger partial charge in [0.25, 0.3) is 0 Å². The zero-order valence-corrected chi connectivity index (χ0v) is 7.93. The molecule has 66 valence electrons. The van der Waals surface area contributed by atoms with E-state index in [-0.39, 0.29) is 0 Å². The van der Waals surface area contributed by atoms with E-state index in [0.717, 1.165) is 13.1 Å². The van der Waals surface area contributed by atoms with Crippen LogP contribution in [0.3, 0.4) is 0 Å². The summed E-state index contributed by atoms with van der Waals surface area (Å²) in [5, 5.41) is 13.4. The van der Waals surface area contributed by atoms with Crippen molar-refractivity contribution in [3.05, 3.63) is 5.82 Å². The lowest BCUT2D eigenvalue weighted by Crippen LogP contribution is -2.30. The number of H-pyrrole nitrogens is 1. The van der Waals surface area contributed by atoms with Crippen molar-refractivity contribution in [2.75, 3.05) is 13.1 Å². The zero-order chi connectivity index (χ0) is 8.97. The third-order valence-corrected chi connectivity index (χ3v) is 2.03. The molecule has 5 nitrogen and oxygen atoms in total. The second kappa shape index (κ2) is 4.10. The van der Waals surface area contributed by atoms with Crippen LogP contribution in [0.4, 0.5) is 0 Å². The maximum absolute atomic E-state index is 5.13. The summed E-state index contributed by atoms with van der Waals surface area (Å²) in [6, 6.07) is 0. The average Bonchev–Trinajstić information content (AvgIpc) is 2.58. The highest BCUT2D eigenvalue weighted by Gasteiger charge is 2.11. The van der Waals surface area contributed by atoms with Gasteiger partial charge in [-0.3, -0.25) is 0 Å². The molecule has 0 aliphatic carbocycles. The number of tetrazole rings is 1. The van der Waals surface area contributed by atoms with Crippen LogP contribution >= 0.6 is 12.2 Å². The van der Waals surface area contributed by atoms with Crippen LogP contribution < -0.4 is 0 Å². The van der Waals surface area contributed by atoms with Crippen molar-refractivity contribution in [1.29, 1.82) is 0 Å². The monoisotopic (exact) mass is 185 g/mol. The second-order valence-electron chi connectivity index (χ2n) is 2.21. The van der Waals surface area contributed by atoms with E-state index in [2.05, 4.69) is 20.6 Å². The molecule has 6 heteroatoms. The van der Waals surface area contributed by atoms with Crippen LogP contribution in [0.15, 0.2) is 0 Å². The number of hydrogen-bond donors (Lipinski definition) is 1. The molecule has 0 saturated carbocycles. The van der Waals surface area contributed by atoms with Gasteiger partial charge in [0.15, 0.2) is 4.99 Å². The molecule has 1 N–H and O–H groups in total. The first kappa shape index (κ1) is 9.05. The van der Waals surface area contributed by atoms with Crippen LogP contribution in [0, 0.1) is 0 Å². The van der Waals surface area contributed by atoms with Crippen molar-refractivity contribution in [1.82, 2.24) is 25.5 Å². The van der Waals surface area contributed by atoms with E-state index in [1.165, 1.54) is 0 Å². The summed E-state index contributed by atoms with van der Waals surface area (Å²) >= 11 is 5.13. The fourth-order valence-electron chi connectivity index (χ4n) is 0.905. The Morgan fingerprint density at radius 3 is 2.58 bits per heavy atom. The molecule has 0 aliphatic rings. The minimum atomic E-state index is 0.494. The maximum Gasteiger partial charge on any atom is 0.231 e. The van der Waals surface area contributed by atoms with Crippen molar-refractivity contribution < 1.29 is 0 Å². The number of nitrogens with one attached hydrogen (secondary N) is 1. The van der Waals surface area contributed by atoms with Gasteiger partial charge in [-0.15, -0.1) is 10.2 Å². The van der Waals surface area contributed by atoms with E-state index in [1.807, 2.05) is 18.7 Å². The Morgan fingerprint density at radius 2 is 2.17 bits per heavy atom. The normalized spacial score (nSPS) is 9.83. The van der Waals surface area contributed by atoms with Crippen molar-refractivity contribution in [2.45, 2.75) is 13.8 Å². The van der Waals surface area contributed by atoms with Crippen LogP contribution in [0.25, 0.3) is 0 Å². The highest BCUT2D eigenvalue weighted by Crippen LogP contribution is 1.97. The van der Waals surface area contributed by atoms with Gasteiger partial charge in [0.05, 0.1) is 0 Å². The summed E-state index contributed by atoms with van der Waals surface area (Å²) in [6.45, 7) is 5.81. The predicted octanol–water partition coefficient (Wildman–Crippen LogP) is 0.217. The number of hydrogen-bond acceptors (Lipinski definition) is 4. The van der Waals surface area contributed by atoms with Gasteiger partial charge in [-0.05, 0) is 19.1 Å². The van der Waals surface area contributed by atoms with E-state index in [0.29, 0.717) is 10.8 Å². The molecule has 0 spiro atoms. The van der Waals surface area contributed by atoms with Gasteiger partial charge in [-0.2, -0.15) is 5.21 Å². The Morgan fingerprint density at radius 1 is 1.50 bits per heavy atom. The Bertz CT molecular complexity index is 240. The lowest BCUT2D eigenvalue weighted by atomic mass is 10.4. The standard InChI is InChI=1S/C6H11N5S/c1-3-11(4-2)6(12)5-7-9-10-8-5/h3-4H2,1-2H3,(H,7,8,9,10). The second-order valence-corrected chi connectivity index (χ2v) is 2.60. The molecular weight excluding hydrogens is 174 g/mol. The van der Waals surface area contributed by atoms with Crippen LogP contribution in [-0.4, -0.2) is 43.6 Å². The molecule has 0 bridgehead atoms. The van der Waals surface area contributed by atoms with Crippen molar-refractivity contribution in [2.24, 2.45) is 0 Å². The molecule has 12 heavy (non-hydrogen) atoms. The Kier molecular flexibility index (Phi) is 3.09. The molecule has 0 saturated heterocycles. The highest BCUT2D eigenvalue weighted by molar-refractivity contribution is 7.80. The zero-order valence-electron chi connectivity index (χ0n) is 7.11. The van der Waals surface area contributed by atoms with Crippen LogP contribution in [0.5, 0.6) is 0 Å². The van der Waals surface area contributed by atoms with Gasteiger partial charge in [-0.1, -0.05) is 12.2 Å². The number of aromatic nitrogens is 4. The molecule has 1 aromatic rings. The van der Waals surface area contributed by atoms with Gasteiger partial charge in [0, 0.05) is 13.1 Å². The fourth-order valence-corrected chi connectivity index (χ4v) is 1.25. The van der Waals surface area contributed by atoms with E-state index in [4.69, 9.17) is 12.2 Å². The first-order valence-corrected chi connectivity index (χ1v) is 4.23. The lowest BCUT2D eigenvalue weighted by Gasteiger charge is -2.18. The van der Waals surface area contributed by atoms with Gasteiger partial charge in [0.2, 0.25) is 5.82 Å². The molecular formula is C6H11N5S. The molecule has 0 atom stereocenters. The number of aromatic amines is 1. The first-order valence-electron chi connectivity index (χ1n) is 3.82. The molecule has 0 unspecified atom stereocenters. The lowest BCUT2D eigenvalue weighted by molar-refractivity contribution is 0.472. The smallest absolute Gasteiger partial charge is 0.231 e. The minimum Gasteiger partial charge on any atom is -0.360 e. The first-order chi connectivity index (χ1) is 5.79. The predicted molar refractivity (Wildman–Crippen MR) is 48.8 cm³/mol. The van der Waals surface area contributed by atoms with Crippen molar-refractivity contribution >= 4 is 17.2 Å². The molecule has 0 fully saturated rings. The van der Waals surface area contributed by atoms with Crippen LogP contribution in [0.1, 0.15) is 19.7 Å². The molecule has 0 aliphatic heterocycles. The SMILES string of the molecule is CCN(CC)C(=S)c1nn[nH]n1. The Hall–Kier alpha value is -1.04. The van der Waals surface area contributed by atoms with Gasteiger partial charge < -0.3 is 4.90 Å². The van der Waals surface area contributed by atoms with Gasteiger partial charge in [-0.25, -0.2) is 0 Å². The van der Waals surface area contributed by atoms with Gasteiger partial charge in [0.1, 0.15) is 0 Å². The van der Waals surface area contributed by atoms with Gasteiger partial charge >= 0.3 is 0 Å². The summed E-state index contributed by atoms with van der Waals surface area (Å²) < 4.78 is 0. The molecule has 1 rings (SSSR count). The summed E-state index contributed by atoms with van der Waals surface area (Å²) in [5.74, 6) is 0.494. The fraction of sp³-hybridized carbons (Fsp3) is 0.667. The third-order valence-electron chi connectivity index (χ3n) is 1.59. The van der Waals surface area contributed by atoms with Crippen molar-refractivity contribution in [3.8, 4) is 0 Å². The maximum atomic E-state index is 5.13. The van der Waals surface area contributed by atoms with E-state index in [9.17, 15) is 0 Å². The quantitative estimate of drug-likeness (QED) is 0.682. The van der Waals surface area contributed by atoms with E-state index < -0.39 is 0 Å². The van der Waals surface area contributed by atoms with E-state index >= 15 is 0 Å². The highest BCUT2D eigenvalue weighted by atomic mass is 32.1. The van der Waals surface area contributed by atoms with E-state index in [1.54, 1.807) is 0 Å². The molecule has 1 aromatic heterocycles. The molecule has 1 heterocycles. The number of rotatable bonds is 3. The van der Waals surface area contributed by atoms with Crippen molar-refractivity contribution in [3.63, 3.8) is 0 Å². The molecule has 0 radical (unpaired) electrons. The minimum absolute atomic E-state index is 0.494. The number of nitrogens with zero attached hydrogens (tertiary/aromatic N) is 4. The average molecular weight is 185 g/mol. The summed E-state index contributed by atoms with van der Waals surface area (Å²) in [4.78, 5) is 2.65. The Balaban J connectivity index is 2.70. The largest absolute Gasteiger partial charge is 0.360 e. The Labute approximate surface area is 76.1 Å². The third kappa shape index (κ3) is 1.76. The summed E-state index contributed by atoms with van der Waals surface area (Å²) in [5.41, 5.74) is 0. The number of thiocarbonyl (C=S) groups is 1. The summed E-state index contributed by atoms with van der Waals surface area (Å²) in [7, 11) is 0.